The molecule has 0 saturated heterocycles. The molecule has 0 fully saturated rings. The Bertz CT molecular complexity index is 180. The van der Waals surface area contributed by atoms with Gasteiger partial charge in [0.25, 0.3) is 0 Å². The van der Waals surface area contributed by atoms with Gasteiger partial charge >= 0.3 is 5.97 Å². The molecule has 0 radical (unpaired) electrons. The number of carboxylic acid groups (broad SMARTS) is 1. The van der Waals surface area contributed by atoms with Gasteiger partial charge in [-0.1, -0.05) is 20.8 Å². The Labute approximate surface area is 80.9 Å². The molecule has 0 bridgehead atoms. The van der Waals surface area contributed by atoms with Crippen LogP contribution in [0.15, 0.2) is 0 Å². The molecule has 0 aliphatic carbocycles. The highest BCUT2D eigenvalue weighted by atomic mass is 16.4. The largest absolute Gasteiger partial charge is 0.477 e. The molecule has 0 aliphatic rings. The SMILES string of the molecule is CC(C)(C)CC[N+](C)(C)CC(=O)O. The smallest absolute Gasteiger partial charge is 0.359 e. The molecule has 0 atom stereocenters. The van der Waals surface area contributed by atoms with E-state index in [9.17, 15) is 4.79 Å². The molecule has 3 nitrogen and oxygen atoms in total. The van der Waals surface area contributed by atoms with Gasteiger partial charge in [0.05, 0.1) is 20.6 Å². The van der Waals surface area contributed by atoms with Crippen molar-refractivity contribution in [1.82, 2.24) is 0 Å². The van der Waals surface area contributed by atoms with Crippen LogP contribution in [0.2, 0.25) is 0 Å². The summed E-state index contributed by atoms with van der Waals surface area (Å²) in [5, 5.41) is 8.66. The highest BCUT2D eigenvalue weighted by Crippen LogP contribution is 2.19. The highest BCUT2D eigenvalue weighted by Gasteiger charge is 2.22. The number of hydrogen-bond donors (Lipinski definition) is 1. The van der Waals surface area contributed by atoms with Crippen LogP contribution in [0.4, 0.5) is 0 Å². The number of rotatable bonds is 4. The second-order valence-corrected chi connectivity index (χ2v) is 5.52. The predicted octanol–water partition coefficient (Wildman–Crippen LogP) is 1.58. The van der Waals surface area contributed by atoms with Crippen LogP contribution in [0, 0.1) is 5.41 Å². The summed E-state index contributed by atoms with van der Waals surface area (Å²) in [7, 11) is 3.92. The van der Waals surface area contributed by atoms with E-state index in [4.69, 9.17) is 5.11 Å². The number of aliphatic carboxylic acids is 1. The van der Waals surface area contributed by atoms with E-state index in [2.05, 4.69) is 20.8 Å². The third kappa shape index (κ3) is 7.78. The Morgan fingerprint density at radius 1 is 1.31 bits per heavy atom. The van der Waals surface area contributed by atoms with E-state index >= 15 is 0 Å². The zero-order chi connectivity index (χ0) is 10.7. The van der Waals surface area contributed by atoms with Crippen LogP contribution < -0.4 is 0 Å². The fraction of sp³-hybridized carbons (Fsp3) is 0.900. The van der Waals surface area contributed by atoms with Gasteiger partial charge in [-0.2, -0.15) is 0 Å². The van der Waals surface area contributed by atoms with Gasteiger partial charge in [-0.25, -0.2) is 4.79 Å². The fourth-order valence-corrected chi connectivity index (χ4v) is 1.08. The first-order valence-corrected chi connectivity index (χ1v) is 4.66. The van der Waals surface area contributed by atoms with Crippen molar-refractivity contribution in [3.63, 3.8) is 0 Å². The molecule has 0 aromatic carbocycles. The second kappa shape index (κ2) is 4.09. The van der Waals surface area contributed by atoms with E-state index in [1.54, 1.807) is 0 Å². The van der Waals surface area contributed by atoms with Crippen LogP contribution in [-0.4, -0.2) is 42.7 Å². The van der Waals surface area contributed by atoms with Crippen molar-refractivity contribution in [1.29, 1.82) is 0 Å². The summed E-state index contributed by atoms with van der Waals surface area (Å²) in [6, 6.07) is 0. The number of carbonyl (C=O) groups is 1. The average Bonchev–Trinajstić information content (AvgIpc) is 1.79. The number of likely N-dealkylation sites (N-methyl/N-ethyl adjacent to an activating group) is 1. The molecule has 0 heterocycles. The Balaban J connectivity index is 3.96. The van der Waals surface area contributed by atoms with Crippen LogP contribution >= 0.6 is 0 Å². The molecule has 0 aromatic heterocycles. The zero-order valence-electron chi connectivity index (χ0n) is 9.42. The monoisotopic (exact) mass is 188 g/mol. The lowest BCUT2D eigenvalue weighted by Gasteiger charge is -2.31. The first kappa shape index (κ1) is 12.4. The summed E-state index contributed by atoms with van der Waals surface area (Å²) in [5.74, 6) is -0.723. The maximum absolute atomic E-state index is 10.5. The van der Waals surface area contributed by atoms with Crippen molar-refractivity contribution < 1.29 is 14.4 Å². The van der Waals surface area contributed by atoms with E-state index in [0.29, 0.717) is 4.48 Å². The van der Waals surface area contributed by atoms with E-state index in [-0.39, 0.29) is 12.0 Å². The lowest BCUT2D eigenvalue weighted by molar-refractivity contribution is -0.883. The lowest BCUT2D eigenvalue weighted by Crippen LogP contribution is -2.45. The van der Waals surface area contributed by atoms with E-state index in [1.807, 2.05) is 14.1 Å². The molecule has 13 heavy (non-hydrogen) atoms. The van der Waals surface area contributed by atoms with Crippen molar-refractivity contribution in [2.45, 2.75) is 27.2 Å². The van der Waals surface area contributed by atoms with Gasteiger partial charge in [0, 0.05) is 6.42 Å². The number of carboxylic acids is 1. The number of hydrogen-bond acceptors (Lipinski definition) is 1. The molecule has 0 unspecified atom stereocenters. The molecule has 0 aromatic rings. The second-order valence-electron chi connectivity index (χ2n) is 5.52. The van der Waals surface area contributed by atoms with Crippen LogP contribution in [0.3, 0.4) is 0 Å². The lowest BCUT2D eigenvalue weighted by atomic mass is 9.92. The quantitative estimate of drug-likeness (QED) is 0.680. The molecule has 0 rings (SSSR count). The molecule has 1 N–H and O–H groups in total. The van der Waals surface area contributed by atoms with Crippen LogP contribution in [0.5, 0.6) is 0 Å². The van der Waals surface area contributed by atoms with Crippen molar-refractivity contribution in [3.8, 4) is 0 Å². The summed E-state index contributed by atoms with van der Waals surface area (Å²) in [6.45, 7) is 7.64. The van der Waals surface area contributed by atoms with Crippen LogP contribution in [0.1, 0.15) is 27.2 Å². The summed E-state index contributed by atoms with van der Waals surface area (Å²) >= 11 is 0. The van der Waals surface area contributed by atoms with E-state index in [0.717, 1.165) is 13.0 Å². The Morgan fingerprint density at radius 3 is 2.08 bits per heavy atom. The topological polar surface area (TPSA) is 37.3 Å². The zero-order valence-corrected chi connectivity index (χ0v) is 9.42. The minimum Gasteiger partial charge on any atom is -0.477 e. The highest BCUT2D eigenvalue weighted by molar-refractivity contribution is 5.67. The van der Waals surface area contributed by atoms with Gasteiger partial charge in [0.15, 0.2) is 6.54 Å². The van der Waals surface area contributed by atoms with Gasteiger partial charge in [0.2, 0.25) is 0 Å². The molecular weight excluding hydrogens is 166 g/mol. The fourth-order valence-electron chi connectivity index (χ4n) is 1.08. The third-order valence-corrected chi connectivity index (χ3v) is 2.03. The standard InChI is InChI=1S/C10H21NO2/c1-10(2,3)6-7-11(4,5)8-9(12)13/h6-8H2,1-5H3/p+1. The molecule has 0 spiro atoms. The minimum atomic E-state index is -0.723. The molecule has 3 heteroatoms. The van der Waals surface area contributed by atoms with Crippen molar-refractivity contribution in [2.75, 3.05) is 27.2 Å². The van der Waals surface area contributed by atoms with Gasteiger partial charge in [-0.15, -0.1) is 0 Å². The maximum Gasteiger partial charge on any atom is 0.359 e. The number of quaternary nitrogens is 1. The summed E-state index contributed by atoms with van der Waals surface area (Å²) in [4.78, 5) is 10.5. The Hall–Kier alpha value is -0.570. The normalized spacial score (nSPS) is 13.0. The van der Waals surface area contributed by atoms with E-state index < -0.39 is 5.97 Å². The minimum absolute atomic E-state index is 0.204. The summed E-state index contributed by atoms with van der Waals surface area (Å²) in [5.41, 5.74) is 0.286. The van der Waals surface area contributed by atoms with Gasteiger partial charge in [-0.3, -0.25) is 0 Å². The van der Waals surface area contributed by atoms with Gasteiger partial charge in [0.1, 0.15) is 0 Å². The van der Waals surface area contributed by atoms with Crippen molar-refractivity contribution >= 4 is 5.97 Å². The number of nitrogens with zero attached hydrogens (tertiary/aromatic N) is 1. The molecular formula is C10H22NO2+. The summed E-state index contributed by atoms with van der Waals surface area (Å²) < 4.78 is 0.562. The molecule has 0 aliphatic heterocycles. The van der Waals surface area contributed by atoms with Crippen molar-refractivity contribution in [2.24, 2.45) is 5.41 Å². The first-order chi connectivity index (χ1) is 5.62. The van der Waals surface area contributed by atoms with Gasteiger partial charge < -0.3 is 9.59 Å². The van der Waals surface area contributed by atoms with Crippen molar-refractivity contribution in [3.05, 3.63) is 0 Å². The predicted molar refractivity (Wildman–Crippen MR) is 53.6 cm³/mol. The molecule has 0 amide bonds. The van der Waals surface area contributed by atoms with Crippen LogP contribution in [-0.2, 0) is 4.79 Å². The van der Waals surface area contributed by atoms with E-state index in [1.165, 1.54) is 0 Å². The first-order valence-electron chi connectivity index (χ1n) is 4.66. The average molecular weight is 188 g/mol. The molecule has 0 saturated carbocycles. The molecule has 78 valence electrons. The maximum atomic E-state index is 10.5. The Morgan fingerprint density at radius 2 is 1.77 bits per heavy atom. The Kier molecular flexibility index (Phi) is 3.91. The van der Waals surface area contributed by atoms with Crippen LogP contribution in [0.25, 0.3) is 0 Å². The third-order valence-electron chi connectivity index (χ3n) is 2.03. The summed E-state index contributed by atoms with van der Waals surface area (Å²) in [6.07, 6.45) is 1.05. The van der Waals surface area contributed by atoms with Gasteiger partial charge in [-0.05, 0) is 5.41 Å².